The molecular weight excluding hydrogens is 338 g/mol. The molecule has 0 bridgehead atoms. The smallest absolute Gasteiger partial charge is 0.204 e. The van der Waals surface area contributed by atoms with Gasteiger partial charge >= 0.3 is 0 Å². The molecule has 1 heterocycles. The quantitative estimate of drug-likeness (QED) is 0.356. The van der Waals surface area contributed by atoms with E-state index < -0.39 is 0 Å². The number of hydrazone groups is 1. The summed E-state index contributed by atoms with van der Waals surface area (Å²) >= 11 is 1.61. The maximum Gasteiger partial charge on any atom is 0.204 e. The molecule has 0 atom stereocenters. The summed E-state index contributed by atoms with van der Waals surface area (Å²) in [7, 11) is 0. The highest BCUT2D eigenvalue weighted by Crippen LogP contribution is 2.38. The van der Waals surface area contributed by atoms with Gasteiger partial charge < -0.3 is 0 Å². The van der Waals surface area contributed by atoms with Crippen molar-refractivity contribution in [2.75, 3.05) is 5.43 Å². The van der Waals surface area contributed by atoms with E-state index in [1.807, 2.05) is 66.7 Å². The first-order chi connectivity index (χ1) is 12.9. The fourth-order valence-corrected chi connectivity index (χ4v) is 3.59. The number of hydrogen-bond acceptors (Lipinski definition) is 4. The van der Waals surface area contributed by atoms with Crippen LogP contribution in [0.3, 0.4) is 0 Å². The van der Waals surface area contributed by atoms with E-state index in [0.29, 0.717) is 0 Å². The molecule has 0 spiro atoms. The van der Waals surface area contributed by atoms with Gasteiger partial charge in [-0.05, 0) is 11.1 Å². The van der Waals surface area contributed by atoms with Gasteiger partial charge in [-0.3, -0.25) is 5.43 Å². The van der Waals surface area contributed by atoms with Crippen LogP contribution in [0.5, 0.6) is 0 Å². The SMILES string of the molecule is C(=NNc1nc(-c2ccccc2)c(-c2ccccc2)s1)c1ccccc1. The number of nitrogens with one attached hydrogen (secondary N) is 1. The molecule has 3 nitrogen and oxygen atoms in total. The number of hydrogen-bond donors (Lipinski definition) is 1. The maximum atomic E-state index is 4.78. The zero-order valence-corrected chi connectivity index (χ0v) is 14.9. The van der Waals surface area contributed by atoms with E-state index in [0.717, 1.165) is 32.4 Å². The highest BCUT2D eigenvalue weighted by molar-refractivity contribution is 7.19. The average molecular weight is 355 g/mol. The minimum absolute atomic E-state index is 0.773. The Kier molecular flexibility index (Phi) is 4.85. The predicted molar refractivity (Wildman–Crippen MR) is 111 cm³/mol. The number of aromatic nitrogens is 1. The molecule has 4 rings (SSSR count). The van der Waals surface area contributed by atoms with Crippen molar-refractivity contribution in [2.45, 2.75) is 0 Å². The molecule has 4 aromatic rings. The van der Waals surface area contributed by atoms with E-state index in [9.17, 15) is 0 Å². The molecule has 1 N–H and O–H groups in total. The van der Waals surface area contributed by atoms with Gasteiger partial charge in [0.05, 0.1) is 16.8 Å². The van der Waals surface area contributed by atoms with Crippen molar-refractivity contribution in [3.8, 4) is 21.7 Å². The van der Waals surface area contributed by atoms with Crippen LogP contribution >= 0.6 is 11.3 Å². The molecule has 26 heavy (non-hydrogen) atoms. The molecule has 4 heteroatoms. The van der Waals surface area contributed by atoms with Crippen LogP contribution in [0.25, 0.3) is 21.7 Å². The van der Waals surface area contributed by atoms with E-state index in [-0.39, 0.29) is 0 Å². The van der Waals surface area contributed by atoms with Gasteiger partial charge in [-0.15, -0.1) is 0 Å². The molecule has 0 fully saturated rings. The lowest BCUT2D eigenvalue weighted by Gasteiger charge is -2.02. The Bertz CT molecular complexity index is 937. The molecule has 0 saturated heterocycles. The number of anilines is 1. The largest absolute Gasteiger partial charge is 0.253 e. The Morgan fingerprint density at radius 3 is 1.96 bits per heavy atom. The Hall–Kier alpha value is -3.24. The third kappa shape index (κ3) is 3.71. The highest BCUT2D eigenvalue weighted by atomic mass is 32.1. The van der Waals surface area contributed by atoms with Crippen LogP contribution in [0, 0.1) is 0 Å². The van der Waals surface area contributed by atoms with Gasteiger partial charge in [-0.25, -0.2) is 4.98 Å². The predicted octanol–water partition coefficient (Wildman–Crippen LogP) is 5.92. The third-order valence-electron chi connectivity index (χ3n) is 3.88. The Balaban J connectivity index is 1.66. The van der Waals surface area contributed by atoms with Gasteiger partial charge in [0.2, 0.25) is 5.13 Å². The fourth-order valence-electron chi connectivity index (χ4n) is 2.65. The number of rotatable bonds is 5. The summed E-state index contributed by atoms with van der Waals surface area (Å²) in [4.78, 5) is 5.92. The zero-order valence-electron chi connectivity index (χ0n) is 14.0. The van der Waals surface area contributed by atoms with Crippen molar-refractivity contribution < 1.29 is 0 Å². The van der Waals surface area contributed by atoms with Gasteiger partial charge in [-0.1, -0.05) is 102 Å². The van der Waals surface area contributed by atoms with Crippen molar-refractivity contribution >= 4 is 22.7 Å². The van der Waals surface area contributed by atoms with Crippen LogP contribution in [-0.4, -0.2) is 11.2 Å². The van der Waals surface area contributed by atoms with Crippen LogP contribution in [0.1, 0.15) is 5.56 Å². The van der Waals surface area contributed by atoms with E-state index in [1.54, 1.807) is 17.6 Å². The lowest BCUT2D eigenvalue weighted by molar-refractivity contribution is 1.29. The van der Waals surface area contributed by atoms with Gasteiger partial charge in [-0.2, -0.15) is 5.10 Å². The molecule has 0 unspecified atom stereocenters. The summed E-state index contributed by atoms with van der Waals surface area (Å²) < 4.78 is 0. The second kappa shape index (κ2) is 7.76. The zero-order chi connectivity index (χ0) is 17.6. The third-order valence-corrected chi connectivity index (χ3v) is 4.89. The summed E-state index contributed by atoms with van der Waals surface area (Å²) in [5.41, 5.74) is 7.34. The fraction of sp³-hybridized carbons (Fsp3) is 0. The Morgan fingerprint density at radius 2 is 1.31 bits per heavy atom. The first-order valence-electron chi connectivity index (χ1n) is 8.36. The van der Waals surface area contributed by atoms with E-state index in [2.05, 4.69) is 34.8 Å². The van der Waals surface area contributed by atoms with E-state index in [4.69, 9.17) is 4.98 Å². The lowest BCUT2D eigenvalue weighted by atomic mass is 10.1. The average Bonchev–Trinajstić information content (AvgIpc) is 3.14. The lowest BCUT2D eigenvalue weighted by Crippen LogP contribution is -1.89. The summed E-state index contributed by atoms with van der Waals surface area (Å²) in [6.45, 7) is 0. The highest BCUT2D eigenvalue weighted by Gasteiger charge is 2.14. The van der Waals surface area contributed by atoms with Gasteiger partial charge in [0.15, 0.2) is 0 Å². The molecule has 0 aliphatic rings. The second-order valence-corrected chi connectivity index (χ2v) is 6.71. The van der Waals surface area contributed by atoms with Crippen molar-refractivity contribution in [2.24, 2.45) is 5.10 Å². The molecule has 3 aromatic carbocycles. The van der Waals surface area contributed by atoms with Gasteiger partial charge in [0.25, 0.3) is 0 Å². The normalized spacial score (nSPS) is 10.9. The molecule has 0 amide bonds. The van der Waals surface area contributed by atoms with Crippen molar-refractivity contribution in [1.82, 2.24) is 4.98 Å². The Labute approximate surface area is 156 Å². The van der Waals surface area contributed by atoms with E-state index in [1.165, 1.54) is 0 Å². The van der Waals surface area contributed by atoms with Crippen LogP contribution in [0.2, 0.25) is 0 Å². The molecule has 0 radical (unpaired) electrons. The summed E-state index contributed by atoms with van der Waals surface area (Å²) in [5.74, 6) is 0. The maximum absolute atomic E-state index is 4.78. The number of nitrogens with zero attached hydrogens (tertiary/aromatic N) is 2. The van der Waals surface area contributed by atoms with Crippen LogP contribution in [-0.2, 0) is 0 Å². The number of benzene rings is 3. The standard InChI is InChI=1S/C22H17N3S/c1-4-10-17(11-5-1)16-23-25-22-24-20(18-12-6-2-7-13-18)21(26-22)19-14-8-3-9-15-19/h1-16H,(H,24,25). The number of thiazole rings is 1. The molecule has 1 aromatic heterocycles. The van der Waals surface area contributed by atoms with Crippen molar-refractivity contribution in [3.05, 3.63) is 96.6 Å². The first-order valence-corrected chi connectivity index (χ1v) is 9.17. The summed E-state index contributed by atoms with van der Waals surface area (Å²) in [5, 5.41) is 5.10. The summed E-state index contributed by atoms with van der Waals surface area (Å²) in [6.07, 6.45) is 1.80. The molecular formula is C22H17N3S. The summed E-state index contributed by atoms with van der Waals surface area (Å²) in [6, 6.07) is 30.6. The van der Waals surface area contributed by atoms with Gasteiger partial charge in [0.1, 0.15) is 0 Å². The van der Waals surface area contributed by atoms with Gasteiger partial charge in [0, 0.05) is 5.56 Å². The van der Waals surface area contributed by atoms with Crippen molar-refractivity contribution in [3.63, 3.8) is 0 Å². The van der Waals surface area contributed by atoms with Crippen molar-refractivity contribution in [1.29, 1.82) is 0 Å². The molecule has 0 aliphatic heterocycles. The van der Waals surface area contributed by atoms with Crippen LogP contribution < -0.4 is 5.43 Å². The van der Waals surface area contributed by atoms with Crippen LogP contribution in [0.4, 0.5) is 5.13 Å². The monoisotopic (exact) mass is 355 g/mol. The molecule has 0 aliphatic carbocycles. The first kappa shape index (κ1) is 16.2. The topological polar surface area (TPSA) is 37.3 Å². The Morgan fingerprint density at radius 1 is 0.731 bits per heavy atom. The molecule has 126 valence electrons. The molecule has 0 saturated carbocycles. The minimum atomic E-state index is 0.773. The van der Waals surface area contributed by atoms with Crippen LogP contribution in [0.15, 0.2) is 96.1 Å². The minimum Gasteiger partial charge on any atom is -0.253 e. The van der Waals surface area contributed by atoms with E-state index >= 15 is 0 Å². The second-order valence-electron chi connectivity index (χ2n) is 5.71.